The van der Waals surface area contributed by atoms with Crippen LogP contribution in [0.1, 0.15) is 38.7 Å². The Labute approximate surface area is 167 Å². The smallest absolute Gasteiger partial charge is 0.225 e. The molecule has 6 heteroatoms. The zero-order valence-corrected chi connectivity index (χ0v) is 17.3. The van der Waals surface area contributed by atoms with E-state index in [1.165, 1.54) is 16.5 Å². The van der Waals surface area contributed by atoms with Gasteiger partial charge >= 0.3 is 0 Å². The molecule has 0 saturated carbocycles. The van der Waals surface area contributed by atoms with E-state index in [-0.39, 0.29) is 11.8 Å². The molecule has 0 spiro atoms. The Kier molecular flexibility index (Phi) is 6.95. The number of piperidine rings is 1. The summed E-state index contributed by atoms with van der Waals surface area (Å²) in [6.07, 6.45) is 6.13. The highest BCUT2D eigenvalue weighted by molar-refractivity contribution is 5.83. The second-order valence-electron chi connectivity index (χ2n) is 7.86. The van der Waals surface area contributed by atoms with Crippen LogP contribution in [0.3, 0.4) is 0 Å². The van der Waals surface area contributed by atoms with Crippen LogP contribution in [0.15, 0.2) is 35.5 Å². The number of nitrogens with one attached hydrogen (secondary N) is 3. The van der Waals surface area contributed by atoms with Crippen LogP contribution < -0.4 is 10.6 Å². The van der Waals surface area contributed by atoms with E-state index in [4.69, 9.17) is 0 Å². The number of carbonyl (C=O) groups excluding carboxylic acids is 1. The number of amides is 1. The van der Waals surface area contributed by atoms with Crippen LogP contribution in [0.2, 0.25) is 0 Å². The molecule has 1 saturated heterocycles. The van der Waals surface area contributed by atoms with Crippen LogP contribution in [0.5, 0.6) is 0 Å². The SMILES string of the molecule is CN=C(NCCCc1c[nH]c2ccccc12)NC1CCN(C(=O)C(C)C)CC1. The minimum absolute atomic E-state index is 0.0797. The van der Waals surface area contributed by atoms with Crippen molar-refractivity contribution < 1.29 is 4.79 Å². The number of aromatic amines is 1. The van der Waals surface area contributed by atoms with E-state index >= 15 is 0 Å². The van der Waals surface area contributed by atoms with Gasteiger partial charge in [-0.05, 0) is 37.3 Å². The average Bonchev–Trinajstić information content (AvgIpc) is 3.13. The van der Waals surface area contributed by atoms with E-state index in [1.807, 2.05) is 25.8 Å². The molecule has 152 valence electrons. The lowest BCUT2D eigenvalue weighted by Crippen LogP contribution is -2.50. The van der Waals surface area contributed by atoms with Crippen LogP contribution in [0.4, 0.5) is 0 Å². The average molecular weight is 384 g/mol. The molecule has 1 aliphatic rings. The number of aryl methyl sites for hydroxylation is 1. The number of aromatic nitrogens is 1. The van der Waals surface area contributed by atoms with E-state index < -0.39 is 0 Å². The summed E-state index contributed by atoms with van der Waals surface area (Å²) < 4.78 is 0. The van der Waals surface area contributed by atoms with Crippen molar-refractivity contribution in [2.24, 2.45) is 10.9 Å². The quantitative estimate of drug-likeness (QED) is 0.408. The van der Waals surface area contributed by atoms with Gasteiger partial charge in [-0.2, -0.15) is 0 Å². The molecule has 0 unspecified atom stereocenters. The lowest BCUT2D eigenvalue weighted by molar-refractivity contribution is -0.135. The number of aliphatic imine (C=N–C) groups is 1. The third-order valence-electron chi connectivity index (χ3n) is 5.46. The van der Waals surface area contributed by atoms with Crippen LogP contribution >= 0.6 is 0 Å². The van der Waals surface area contributed by atoms with Crippen molar-refractivity contribution >= 4 is 22.8 Å². The van der Waals surface area contributed by atoms with Gasteiger partial charge in [0.05, 0.1) is 0 Å². The molecule has 0 aliphatic carbocycles. The Morgan fingerprint density at radius 1 is 1.29 bits per heavy atom. The molecule has 1 aromatic carbocycles. The molecule has 6 nitrogen and oxygen atoms in total. The number of carbonyl (C=O) groups is 1. The molecule has 1 amide bonds. The number of guanidine groups is 1. The van der Waals surface area contributed by atoms with Crippen molar-refractivity contribution in [3.63, 3.8) is 0 Å². The highest BCUT2D eigenvalue weighted by atomic mass is 16.2. The maximum Gasteiger partial charge on any atom is 0.225 e. The van der Waals surface area contributed by atoms with Gasteiger partial charge in [0.2, 0.25) is 5.91 Å². The number of likely N-dealkylation sites (tertiary alicyclic amines) is 1. The monoisotopic (exact) mass is 383 g/mol. The number of benzene rings is 1. The standard InChI is InChI=1S/C22H33N5O/c1-16(2)21(28)27-13-10-18(11-14-27)26-22(23-3)24-12-6-7-17-15-25-20-9-5-4-8-19(17)20/h4-5,8-9,15-16,18,25H,6-7,10-14H2,1-3H3,(H2,23,24,26). The first-order valence-corrected chi connectivity index (χ1v) is 10.4. The number of H-pyrrole nitrogens is 1. The molecule has 3 N–H and O–H groups in total. The minimum atomic E-state index is 0.0797. The Morgan fingerprint density at radius 2 is 2.04 bits per heavy atom. The van der Waals surface area contributed by atoms with Crippen molar-refractivity contribution in [1.29, 1.82) is 0 Å². The van der Waals surface area contributed by atoms with Crippen molar-refractivity contribution in [3.8, 4) is 0 Å². The van der Waals surface area contributed by atoms with Crippen molar-refractivity contribution in [2.75, 3.05) is 26.7 Å². The highest BCUT2D eigenvalue weighted by Crippen LogP contribution is 2.18. The lowest BCUT2D eigenvalue weighted by atomic mass is 10.0. The van der Waals surface area contributed by atoms with Crippen molar-refractivity contribution in [3.05, 3.63) is 36.0 Å². The molecule has 2 heterocycles. The molecule has 1 aliphatic heterocycles. The van der Waals surface area contributed by atoms with E-state index in [9.17, 15) is 4.79 Å². The molecule has 28 heavy (non-hydrogen) atoms. The topological polar surface area (TPSA) is 72.5 Å². The lowest BCUT2D eigenvalue weighted by Gasteiger charge is -2.34. The van der Waals surface area contributed by atoms with E-state index in [0.29, 0.717) is 6.04 Å². The predicted molar refractivity (Wildman–Crippen MR) is 116 cm³/mol. The maximum absolute atomic E-state index is 12.1. The zero-order valence-electron chi connectivity index (χ0n) is 17.3. The van der Waals surface area contributed by atoms with Gasteiger partial charge in [0.25, 0.3) is 0 Å². The number of para-hydroxylation sites is 1. The molecule has 0 radical (unpaired) electrons. The Morgan fingerprint density at radius 3 is 2.75 bits per heavy atom. The first kappa shape index (κ1) is 20.2. The molecular weight excluding hydrogens is 350 g/mol. The van der Waals surface area contributed by atoms with Gasteiger partial charge in [-0.25, -0.2) is 0 Å². The summed E-state index contributed by atoms with van der Waals surface area (Å²) >= 11 is 0. The fraction of sp³-hybridized carbons (Fsp3) is 0.545. The Bertz CT molecular complexity index is 802. The van der Waals surface area contributed by atoms with Crippen molar-refractivity contribution in [2.45, 2.75) is 45.6 Å². The van der Waals surface area contributed by atoms with Gasteiger partial charge in [-0.3, -0.25) is 9.79 Å². The van der Waals surface area contributed by atoms with Crippen LogP contribution in [-0.2, 0) is 11.2 Å². The number of hydrogen-bond donors (Lipinski definition) is 3. The molecule has 0 bridgehead atoms. The van der Waals surface area contributed by atoms with Gasteiger partial charge in [0.15, 0.2) is 5.96 Å². The fourth-order valence-corrected chi connectivity index (χ4v) is 3.82. The maximum atomic E-state index is 12.1. The van der Waals surface area contributed by atoms with E-state index in [0.717, 1.165) is 51.3 Å². The Hall–Kier alpha value is -2.50. The predicted octanol–water partition coefficient (Wildman–Crippen LogP) is 2.91. The first-order valence-electron chi connectivity index (χ1n) is 10.4. The largest absolute Gasteiger partial charge is 0.361 e. The fourth-order valence-electron chi connectivity index (χ4n) is 3.82. The van der Waals surface area contributed by atoms with Gasteiger partial charge < -0.3 is 20.5 Å². The minimum Gasteiger partial charge on any atom is -0.361 e. The Balaban J connectivity index is 1.39. The second-order valence-corrected chi connectivity index (χ2v) is 7.86. The van der Waals surface area contributed by atoms with Crippen LogP contribution in [0, 0.1) is 5.92 Å². The summed E-state index contributed by atoms with van der Waals surface area (Å²) in [6.45, 7) is 6.46. The molecule has 1 fully saturated rings. The van der Waals surface area contributed by atoms with Crippen LogP contribution in [-0.4, -0.2) is 54.5 Å². The van der Waals surface area contributed by atoms with E-state index in [1.54, 1.807) is 0 Å². The molecular formula is C22H33N5O. The molecule has 1 aromatic heterocycles. The first-order chi connectivity index (χ1) is 13.6. The molecule has 0 atom stereocenters. The van der Waals surface area contributed by atoms with Gasteiger partial charge in [0, 0.05) is 55.7 Å². The summed E-state index contributed by atoms with van der Waals surface area (Å²) in [5.74, 6) is 1.20. The number of hydrogen-bond acceptors (Lipinski definition) is 2. The number of nitrogens with zero attached hydrogens (tertiary/aromatic N) is 2. The van der Waals surface area contributed by atoms with Crippen LogP contribution in [0.25, 0.3) is 10.9 Å². The summed E-state index contributed by atoms with van der Waals surface area (Å²) in [6, 6.07) is 8.80. The van der Waals surface area contributed by atoms with Gasteiger partial charge in [-0.1, -0.05) is 32.0 Å². The summed E-state index contributed by atoms with van der Waals surface area (Å²) in [5, 5.41) is 8.25. The highest BCUT2D eigenvalue weighted by Gasteiger charge is 2.24. The number of fused-ring (bicyclic) bond motifs is 1. The summed E-state index contributed by atoms with van der Waals surface area (Å²) in [4.78, 5) is 21.8. The third-order valence-corrected chi connectivity index (χ3v) is 5.46. The normalized spacial score (nSPS) is 16.0. The summed E-state index contributed by atoms with van der Waals surface area (Å²) in [5.41, 5.74) is 2.56. The molecule has 2 aromatic rings. The third kappa shape index (κ3) is 5.06. The second kappa shape index (κ2) is 9.62. The van der Waals surface area contributed by atoms with Crippen molar-refractivity contribution in [1.82, 2.24) is 20.5 Å². The zero-order chi connectivity index (χ0) is 19.9. The number of rotatable bonds is 6. The van der Waals surface area contributed by atoms with E-state index in [2.05, 4.69) is 51.1 Å². The molecule has 3 rings (SSSR count). The summed E-state index contributed by atoms with van der Waals surface area (Å²) in [7, 11) is 1.81. The van der Waals surface area contributed by atoms with Gasteiger partial charge in [0.1, 0.15) is 0 Å². The van der Waals surface area contributed by atoms with Gasteiger partial charge in [-0.15, -0.1) is 0 Å².